The van der Waals surface area contributed by atoms with Crippen LogP contribution >= 0.6 is 0 Å². The van der Waals surface area contributed by atoms with E-state index in [-0.39, 0.29) is 29.5 Å². The summed E-state index contributed by atoms with van der Waals surface area (Å²) in [4.78, 5) is 43.4. The summed E-state index contributed by atoms with van der Waals surface area (Å²) in [7, 11) is 0. The maximum atomic E-state index is 14.6. The molecule has 2 aliphatic rings. The zero-order valence-corrected chi connectivity index (χ0v) is 24.4. The molecule has 0 aliphatic heterocycles. The molecular formula is C34H44O4. The predicted molar refractivity (Wildman–Crippen MR) is 155 cm³/mol. The number of carbonyl (C=O) groups is 3. The number of rotatable bonds is 8. The summed E-state index contributed by atoms with van der Waals surface area (Å²) in [5.74, 6) is -1.73. The van der Waals surface area contributed by atoms with Crippen molar-refractivity contribution in [3.63, 3.8) is 0 Å². The molecule has 4 nitrogen and oxygen atoms in total. The second-order valence-corrected chi connectivity index (χ2v) is 12.4. The molecule has 204 valence electrons. The number of ketones is 3. The van der Waals surface area contributed by atoms with Gasteiger partial charge in [-0.3, -0.25) is 14.4 Å². The summed E-state index contributed by atoms with van der Waals surface area (Å²) in [6, 6.07) is 8.71. The molecular weight excluding hydrogens is 472 g/mol. The summed E-state index contributed by atoms with van der Waals surface area (Å²) in [6.45, 7) is 15.9. The zero-order valence-electron chi connectivity index (χ0n) is 24.4. The molecule has 3 rings (SSSR count). The highest BCUT2D eigenvalue weighted by Gasteiger charge is 2.73. The van der Waals surface area contributed by atoms with E-state index in [1.807, 2.05) is 53.7 Å². The SMILES string of the molecule is CC(C)=CCCC1(C)C(CC=C(C)C)CC2(CC=C(C)C)C(=O)C(=C(O)c3ccccc3)C(=O)C1(C)C2=O. The van der Waals surface area contributed by atoms with E-state index < -0.39 is 27.8 Å². The largest absolute Gasteiger partial charge is 0.506 e. The van der Waals surface area contributed by atoms with Crippen LogP contribution in [0.3, 0.4) is 0 Å². The van der Waals surface area contributed by atoms with Crippen LogP contribution in [0.4, 0.5) is 0 Å². The van der Waals surface area contributed by atoms with Crippen LogP contribution in [0, 0.1) is 22.2 Å². The molecule has 1 N–H and O–H groups in total. The number of hydrogen-bond acceptors (Lipinski definition) is 4. The normalized spacial score (nSPS) is 30.0. The van der Waals surface area contributed by atoms with E-state index in [1.54, 1.807) is 31.2 Å². The van der Waals surface area contributed by atoms with Gasteiger partial charge >= 0.3 is 0 Å². The molecule has 0 heterocycles. The molecule has 38 heavy (non-hydrogen) atoms. The van der Waals surface area contributed by atoms with Gasteiger partial charge in [-0.1, -0.05) is 72.2 Å². The van der Waals surface area contributed by atoms with Crippen molar-refractivity contribution >= 4 is 23.1 Å². The van der Waals surface area contributed by atoms with E-state index in [4.69, 9.17) is 0 Å². The van der Waals surface area contributed by atoms with Gasteiger partial charge in [0.1, 0.15) is 11.3 Å². The molecule has 1 aromatic carbocycles. The number of allylic oxidation sites excluding steroid dienone is 7. The Hall–Kier alpha value is -3.01. The first-order valence-electron chi connectivity index (χ1n) is 13.8. The van der Waals surface area contributed by atoms with E-state index in [0.29, 0.717) is 24.8 Å². The van der Waals surface area contributed by atoms with Crippen molar-refractivity contribution in [3.8, 4) is 0 Å². The third-order valence-corrected chi connectivity index (χ3v) is 9.04. The highest BCUT2D eigenvalue weighted by atomic mass is 16.3. The first-order chi connectivity index (χ1) is 17.7. The predicted octanol–water partition coefficient (Wildman–Crippen LogP) is 8.15. The molecule has 0 spiro atoms. The summed E-state index contributed by atoms with van der Waals surface area (Å²) in [5.41, 5.74) is 0.0374. The van der Waals surface area contributed by atoms with Gasteiger partial charge in [-0.2, -0.15) is 0 Å². The molecule has 2 saturated carbocycles. The van der Waals surface area contributed by atoms with Crippen molar-refractivity contribution in [1.29, 1.82) is 0 Å². The number of benzene rings is 1. The number of carbonyl (C=O) groups excluding carboxylic acids is 3. The first-order valence-corrected chi connectivity index (χ1v) is 13.8. The molecule has 0 saturated heterocycles. The van der Waals surface area contributed by atoms with Gasteiger partial charge in [0.15, 0.2) is 17.3 Å². The van der Waals surface area contributed by atoms with E-state index in [2.05, 4.69) is 19.1 Å². The van der Waals surface area contributed by atoms with Crippen molar-refractivity contribution in [2.75, 3.05) is 0 Å². The summed E-state index contributed by atoms with van der Waals surface area (Å²) >= 11 is 0. The Bertz CT molecular complexity index is 1230. The monoisotopic (exact) mass is 516 g/mol. The van der Waals surface area contributed by atoms with Crippen LogP contribution in [0.1, 0.15) is 93.1 Å². The molecule has 0 aromatic heterocycles. The van der Waals surface area contributed by atoms with Crippen molar-refractivity contribution in [2.24, 2.45) is 22.2 Å². The van der Waals surface area contributed by atoms with Gasteiger partial charge in [-0.25, -0.2) is 0 Å². The van der Waals surface area contributed by atoms with E-state index in [9.17, 15) is 19.5 Å². The lowest BCUT2D eigenvalue weighted by molar-refractivity contribution is -0.176. The van der Waals surface area contributed by atoms with Crippen LogP contribution in [0.15, 0.2) is 70.9 Å². The minimum atomic E-state index is -1.44. The van der Waals surface area contributed by atoms with Crippen molar-refractivity contribution in [3.05, 3.63) is 76.4 Å². The Morgan fingerprint density at radius 1 is 0.868 bits per heavy atom. The number of Topliss-reactive ketones (excluding diaryl/α,β-unsaturated/α-hetero) is 3. The van der Waals surface area contributed by atoms with Crippen molar-refractivity contribution in [2.45, 2.75) is 87.5 Å². The highest BCUT2D eigenvalue weighted by molar-refractivity contribution is 6.41. The highest BCUT2D eigenvalue weighted by Crippen LogP contribution is 2.65. The fourth-order valence-corrected chi connectivity index (χ4v) is 6.47. The van der Waals surface area contributed by atoms with Crippen molar-refractivity contribution in [1.82, 2.24) is 0 Å². The second-order valence-electron chi connectivity index (χ2n) is 12.4. The standard InChI is InChI=1S/C34H44O4/c1-22(2)13-12-19-32(7)26(17-16-23(3)4)21-34(20-18-24(5)6)30(37)27(29(36)33(32,8)31(34)38)28(35)25-14-10-9-11-15-25/h9-11,13-16,18,26,35H,12,17,19-21H2,1-8H3. The van der Waals surface area contributed by atoms with Crippen LogP contribution in [0.5, 0.6) is 0 Å². The number of fused-ring (bicyclic) bond motifs is 2. The van der Waals surface area contributed by atoms with E-state index >= 15 is 0 Å². The maximum Gasteiger partial charge on any atom is 0.184 e. The average molecular weight is 517 g/mol. The van der Waals surface area contributed by atoms with Gasteiger partial charge in [-0.05, 0) is 91.9 Å². The lowest BCUT2D eigenvalue weighted by atomic mass is 9.39. The molecule has 4 heteroatoms. The summed E-state index contributed by atoms with van der Waals surface area (Å²) in [5, 5.41) is 11.4. The average Bonchev–Trinajstić information content (AvgIpc) is 2.86. The second kappa shape index (κ2) is 11.0. The quantitative estimate of drug-likeness (QED) is 0.124. The number of hydrogen-bond donors (Lipinski definition) is 1. The Balaban J connectivity index is 2.35. The van der Waals surface area contributed by atoms with Crippen LogP contribution in [-0.2, 0) is 14.4 Å². The zero-order chi connectivity index (χ0) is 28.5. The Morgan fingerprint density at radius 3 is 2.00 bits per heavy atom. The van der Waals surface area contributed by atoms with Crippen LogP contribution in [0.2, 0.25) is 0 Å². The maximum absolute atomic E-state index is 14.6. The third-order valence-electron chi connectivity index (χ3n) is 9.04. The molecule has 1 aromatic rings. The van der Waals surface area contributed by atoms with Gasteiger partial charge in [0.25, 0.3) is 0 Å². The van der Waals surface area contributed by atoms with Gasteiger partial charge in [0.05, 0.1) is 10.8 Å². The third kappa shape index (κ3) is 4.90. The number of aliphatic hydroxyl groups is 1. The Kier molecular flexibility index (Phi) is 8.55. The van der Waals surface area contributed by atoms with E-state index in [0.717, 1.165) is 12.0 Å². The minimum Gasteiger partial charge on any atom is -0.506 e. The van der Waals surface area contributed by atoms with Gasteiger partial charge in [0, 0.05) is 5.56 Å². The first kappa shape index (κ1) is 29.5. The fraction of sp³-hybridized carbons (Fsp3) is 0.500. The van der Waals surface area contributed by atoms with E-state index in [1.165, 1.54) is 11.1 Å². The molecule has 2 bridgehead atoms. The lowest BCUT2D eigenvalue weighted by Gasteiger charge is -2.60. The van der Waals surface area contributed by atoms with Gasteiger partial charge < -0.3 is 5.11 Å². The van der Waals surface area contributed by atoms with Crippen LogP contribution in [0.25, 0.3) is 5.76 Å². The number of aliphatic hydroxyl groups excluding tert-OH is 1. The Labute approximate surface area is 228 Å². The van der Waals surface area contributed by atoms with Crippen LogP contribution in [-0.4, -0.2) is 22.5 Å². The summed E-state index contributed by atoms with van der Waals surface area (Å²) < 4.78 is 0. The molecule has 2 fully saturated rings. The topological polar surface area (TPSA) is 71.4 Å². The van der Waals surface area contributed by atoms with Crippen LogP contribution < -0.4 is 0 Å². The van der Waals surface area contributed by atoms with Gasteiger partial charge in [0.2, 0.25) is 0 Å². The smallest absolute Gasteiger partial charge is 0.184 e. The molecule has 0 amide bonds. The summed E-state index contributed by atoms with van der Waals surface area (Å²) in [6.07, 6.45) is 8.91. The minimum absolute atomic E-state index is 0.0513. The Morgan fingerprint density at radius 2 is 1.45 bits per heavy atom. The van der Waals surface area contributed by atoms with Gasteiger partial charge in [-0.15, -0.1) is 0 Å². The molecule has 4 atom stereocenters. The molecule has 2 aliphatic carbocycles. The fourth-order valence-electron chi connectivity index (χ4n) is 6.47. The molecule has 0 radical (unpaired) electrons. The lowest BCUT2D eigenvalue weighted by Crippen LogP contribution is -2.69. The molecule has 4 unspecified atom stereocenters. The van der Waals surface area contributed by atoms with Crippen molar-refractivity contribution < 1.29 is 19.5 Å².